The summed E-state index contributed by atoms with van der Waals surface area (Å²) in [4.78, 5) is 0. The Morgan fingerprint density at radius 1 is 0.778 bits per heavy atom. The summed E-state index contributed by atoms with van der Waals surface area (Å²) >= 11 is 0. The van der Waals surface area contributed by atoms with Gasteiger partial charge in [0.25, 0.3) is 0 Å². The molecule has 2 aromatic rings. The number of hydrogen-bond donors (Lipinski definition) is 1. The second-order valence-electron chi connectivity index (χ2n) is 4.56. The Bertz CT molecular complexity index is 439. The molecule has 0 aliphatic heterocycles. The second kappa shape index (κ2) is 8.57. The fraction of sp³-hybridized carbons (Fsp3) is 0.412. The Balaban J connectivity index is 0.000000203. The quantitative estimate of drug-likeness (QED) is 0.702. The fourth-order valence-electron chi connectivity index (χ4n) is 1.89. The molecule has 1 nitrogen and oxygen atoms in total. The van der Waals surface area contributed by atoms with Gasteiger partial charge in [0.1, 0.15) is 5.75 Å². The average molecular weight is 244 g/mol. The Kier molecular flexibility index (Phi) is 6.93. The lowest BCUT2D eigenvalue weighted by Gasteiger charge is -1.97. The first-order valence-electron chi connectivity index (χ1n) is 6.96. The zero-order chi connectivity index (χ0) is 13.2. The van der Waals surface area contributed by atoms with E-state index in [0.29, 0.717) is 5.75 Å². The minimum absolute atomic E-state index is 0.350. The van der Waals surface area contributed by atoms with Gasteiger partial charge < -0.3 is 5.11 Å². The summed E-state index contributed by atoms with van der Waals surface area (Å²) in [6.45, 7) is 4.49. The van der Waals surface area contributed by atoms with Gasteiger partial charge in [0.05, 0.1) is 0 Å². The Hall–Kier alpha value is -1.50. The predicted molar refractivity (Wildman–Crippen MR) is 80.0 cm³/mol. The van der Waals surface area contributed by atoms with Crippen LogP contribution in [0, 0.1) is 0 Å². The van der Waals surface area contributed by atoms with Crippen LogP contribution in [0.25, 0.3) is 10.8 Å². The molecule has 0 aliphatic rings. The first-order chi connectivity index (χ1) is 8.79. The van der Waals surface area contributed by atoms with Gasteiger partial charge in [0, 0.05) is 5.39 Å². The van der Waals surface area contributed by atoms with Crippen molar-refractivity contribution in [3.8, 4) is 5.75 Å². The van der Waals surface area contributed by atoms with E-state index in [9.17, 15) is 5.11 Å². The van der Waals surface area contributed by atoms with Crippen LogP contribution in [0.2, 0.25) is 0 Å². The van der Waals surface area contributed by atoms with E-state index in [4.69, 9.17) is 0 Å². The van der Waals surface area contributed by atoms with Crippen molar-refractivity contribution in [3.05, 3.63) is 42.5 Å². The number of fused-ring (bicyclic) bond motifs is 1. The van der Waals surface area contributed by atoms with Gasteiger partial charge >= 0.3 is 0 Å². The van der Waals surface area contributed by atoms with Gasteiger partial charge in [-0.1, -0.05) is 82.3 Å². The van der Waals surface area contributed by atoms with Crippen LogP contribution in [0.15, 0.2) is 42.5 Å². The van der Waals surface area contributed by atoms with Crippen molar-refractivity contribution in [2.24, 2.45) is 0 Å². The normalized spacial score (nSPS) is 9.89. The molecule has 1 N–H and O–H groups in total. The number of rotatable bonds is 4. The van der Waals surface area contributed by atoms with Gasteiger partial charge in [-0.15, -0.1) is 0 Å². The van der Waals surface area contributed by atoms with E-state index >= 15 is 0 Å². The molecule has 0 aromatic heterocycles. The fourth-order valence-corrected chi connectivity index (χ4v) is 1.89. The van der Waals surface area contributed by atoms with E-state index in [1.165, 1.54) is 32.1 Å². The predicted octanol–water partition coefficient (Wildman–Crippen LogP) is 5.52. The molecule has 0 fully saturated rings. The molecule has 0 atom stereocenters. The smallest absolute Gasteiger partial charge is 0.123 e. The van der Waals surface area contributed by atoms with Gasteiger partial charge in [0.2, 0.25) is 0 Å². The van der Waals surface area contributed by atoms with Gasteiger partial charge in [-0.3, -0.25) is 0 Å². The number of aromatic hydroxyl groups is 1. The van der Waals surface area contributed by atoms with Crippen LogP contribution in [0.3, 0.4) is 0 Å². The standard InChI is InChI=1S/C10H8O.C7H16/c11-10-7-3-5-8-4-1-2-6-9(8)10;1-3-5-7-6-4-2/h1-7,11H;3-7H2,1-2H3. The zero-order valence-corrected chi connectivity index (χ0v) is 11.5. The number of unbranched alkanes of at least 4 members (excludes halogenated alkanes) is 4. The Labute approximate surface area is 110 Å². The Morgan fingerprint density at radius 3 is 2.00 bits per heavy atom. The van der Waals surface area contributed by atoms with Gasteiger partial charge in [-0.05, 0) is 11.5 Å². The van der Waals surface area contributed by atoms with Crippen molar-refractivity contribution < 1.29 is 5.11 Å². The van der Waals surface area contributed by atoms with Crippen molar-refractivity contribution in [2.45, 2.75) is 46.0 Å². The largest absolute Gasteiger partial charge is 0.507 e. The highest BCUT2D eigenvalue weighted by atomic mass is 16.3. The lowest BCUT2D eigenvalue weighted by molar-refractivity contribution is 0.481. The molecular formula is C17H24O. The summed E-state index contributed by atoms with van der Waals surface area (Å²) in [5.74, 6) is 0.350. The minimum atomic E-state index is 0.350. The summed E-state index contributed by atoms with van der Waals surface area (Å²) in [6, 6.07) is 13.3. The number of benzene rings is 2. The third-order valence-electron chi connectivity index (χ3n) is 2.97. The van der Waals surface area contributed by atoms with Crippen LogP contribution in [-0.4, -0.2) is 5.11 Å². The van der Waals surface area contributed by atoms with Crippen molar-refractivity contribution >= 4 is 10.8 Å². The molecule has 1 heteroatoms. The van der Waals surface area contributed by atoms with E-state index in [2.05, 4.69) is 13.8 Å². The first kappa shape index (κ1) is 14.6. The molecule has 98 valence electrons. The van der Waals surface area contributed by atoms with Crippen LogP contribution in [0.5, 0.6) is 5.75 Å². The molecule has 2 aromatic carbocycles. The first-order valence-corrected chi connectivity index (χ1v) is 6.96. The third kappa shape index (κ3) is 4.79. The third-order valence-corrected chi connectivity index (χ3v) is 2.97. The molecule has 0 unspecified atom stereocenters. The summed E-state index contributed by atoms with van der Waals surface area (Å²) in [5.41, 5.74) is 0. The van der Waals surface area contributed by atoms with E-state index in [0.717, 1.165) is 10.8 Å². The topological polar surface area (TPSA) is 20.2 Å². The molecular weight excluding hydrogens is 220 g/mol. The molecule has 0 bridgehead atoms. The van der Waals surface area contributed by atoms with Crippen LogP contribution >= 0.6 is 0 Å². The summed E-state index contributed by atoms with van der Waals surface area (Å²) < 4.78 is 0. The molecule has 0 saturated carbocycles. The van der Waals surface area contributed by atoms with Gasteiger partial charge in [-0.25, -0.2) is 0 Å². The van der Waals surface area contributed by atoms with Gasteiger partial charge in [0.15, 0.2) is 0 Å². The Morgan fingerprint density at radius 2 is 1.39 bits per heavy atom. The molecule has 18 heavy (non-hydrogen) atoms. The maximum Gasteiger partial charge on any atom is 0.123 e. The highest BCUT2D eigenvalue weighted by molar-refractivity contribution is 5.87. The highest BCUT2D eigenvalue weighted by Crippen LogP contribution is 2.22. The zero-order valence-electron chi connectivity index (χ0n) is 11.5. The van der Waals surface area contributed by atoms with E-state index < -0.39 is 0 Å². The molecule has 0 saturated heterocycles. The summed E-state index contributed by atoms with van der Waals surface area (Å²) in [7, 11) is 0. The van der Waals surface area contributed by atoms with Crippen molar-refractivity contribution in [1.82, 2.24) is 0 Å². The van der Waals surface area contributed by atoms with Crippen LogP contribution in [0.4, 0.5) is 0 Å². The SMILES string of the molecule is CCCCCCC.Oc1cccc2ccccc12. The van der Waals surface area contributed by atoms with E-state index in [1.807, 2.05) is 36.4 Å². The van der Waals surface area contributed by atoms with Gasteiger partial charge in [-0.2, -0.15) is 0 Å². The van der Waals surface area contributed by atoms with Crippen molar-refractivity contribution in [1.29, 1.82) is 0 Å². The lowest BCUT2D eigenvalue weighted by atomic mass is 10.1. The second-order valence-corrected chi connectivity index (χ2v) is 4.56. The highest BCUT2D eigenvalue weighted by Gasteiger charge is 1.94. The molecule has 0 spiro atoms. The van der Waals surface area contributed by atoms with E-state index in [1.54, 1.807) is 6.07 Å². The molecule has 2 rings (SSSR count). The maximum atomic E-state index is 9.37. The van der Waals surface area contributed by atoms with Crippen molar-refractivity contribution in [3.63, 3.8) is 0 Å². The molecule has 0 radical (unpaired) electrons. The lowest BCUT2D eigenvalue weighted by Crippen LogP contribution is -1.70. The summed E-state index contributed by atoms with van der Waals surface area (Å²) in [5, 5.41) is 11.4. The van der Waals surface area contributed by atoms with Crippen LogP contribution < -0.4 is 0 Å². The van der Waals surface area contributed by atoms with Crippen molar-refractivity contribution in [2.75, 3.05) is 0 Å². The van der Waals surface area contributed by atoms with Crippen LogP contribution in [0.1, 0.15) is 46.0 Å². The molecule has 0 heterocycles. The number of hydrogen-bond acceptors (Lipinski definition) is 1. The number of phenols is 1. The van der Waals surface area contributed by atoms with Crippen LogP contribution in [-0.2, 0) is 0 Å². The average Bonchev–Trinajstić information content (AvgIpc) is 2.41. The summed E-state index contributed by atoms with van der Waals surface area (Å²) in [6.07, 6.45) is 7.01. The number of phenolic OH excluding ortho intramolecular Hbond substituents is 1. The molecule has 0 amide bonds. The monoisotopic (exact) mass is 244 g/mol. The van der Waals surface area contributed by atoms with E-state index in [-0.39, 0.29) is 0 Å². The maximum absolute atomic E-state index is 9.37. The minimum Gasteiger partial charge on any atom is -0.507 e. The molecule has 0 aliphatic carbocycles.